The summed E-state index contributed by atoms with van der Waals surface area (Å²) in [6.45, 7) is 0.449. The van der Waals surface area contributed by atoms with Crippen molar-refractivity contribution in [2.24, 2.45) is 17.8 Å². The SMILES string of the molecule is COCc1nc(N)cc(C23CC4CC(CC(C4)C2)C3)n1. The van der Waals surface area contributed by atoms with Gasteiger partial charge in [-0.25, -0.2) is 9.97 Å². The molecule has 4 aliphatic rings. The van der Waals surface area contributed by atoms with Crippen LogP contribution in [0.1, 0.15) is 50.0 Å². The third-order valence-electron chi connectivity index (χ3n) is 5.65. The number of methoxy groups -OCH3 is 1. The van der Waals surface area contributed by atoms with E-state index >= 15 is 0 Å². The molecule has 0 spiro atoms. The molecule has 4 nitrogen and oxygen atoms in total. The third-order valence-corrected chi connectivity index (χ3v) is 5.65. The topological polar surface area (TPSA) is 61.0 Å². The Kier molecular flexibility index (Phi) is 2.78. The van der Waals surface area contributed by atoms with Crippen molar-refractivity contribution in [3.63, 3.8) is 0 Å². The van der Waals surface area contributed by atoms with E-state index in [4.69, 9.17) is 15.5 Å². The van der Waals surface area contributed by atoms with Crippen LogP contribution >= 0.6 is 0 Å². The van der Waals surface area contributed by atoms with E-state index in [9.17, 15) is 0 Å². The average molecular weight is 273 g/mol. The smallest absolute Gasteiger partial charge is 0.156 e. The normalized spacial score (nSPS) is 38.4. The predicted octanol–water partition coefficient (Wildman–Crippen LogP) is 2.67. The van der Waals surface area contributed by atoms with Gasteiger partial charge in [-0.15, -0.1) is 0 Å². The van der Waals surface area contributed by atoms with Gasteiger partial charge in [-0.1, -0.05) is 0 Å². The number of nitrogen functional groups attached to an aromatic ring is 1. The summed E-state index contributed by atoms with van der Waals surface area (Å²) in [5, 5.41) is 0. The molecule has 4 aliphatic carbocycles. The summed E-state index contributed by atoms with van der Waals surface area (Å²) in [7, 11) is 1.68. The van der Waals surface area contributed by atoms with Gasteiger partial charge in [-0.05, 0) is 56.3 Å². The van der Waals surface area contributed by atoms with Crippen LogP contribution in [-0.2, 0) is 16.8 Å². The Balaban J connectivity index is 1.73. The molecule has 4 bridgehead atoms. The number of hydrogen-bond acceptors (Lipinski definition) is 4. The molecule has 0 radical (unpaired) electrons. The maximum atomic E-state index is 6.00. The van der Waals surface area contributed by atoms with Crippen molar-refractivity contribution < 1.29 is 4.74 Å². The number of hydrogen-bond donors (Lipinski definition) is 1. The lowest BCUT2D eigenvalue weighted by Gasteiger charge is -2.56. The lowest BCUT2D eigenvalue weighted by Crippen LogP contribution is -2.49. The van der Waals surface area contributed by atoms with Gasteiger partial charge >= 0.3 is 0 Å². The molecule has 1 heterocycles. The van der Waals surface area contributed by atoms with Crippen molar-refractivity contribution >= 4 is 5.82 Å². The second-order valence-corrected chi connectivity index (χ2v) is 7.23. The maximum Gasteiger partial charge on any atom is 0.156 e. The van der Waals surface area contributed by atoms with Crippen LogP contribution in [0, 0.1) is 17.8 Å². The van der Waals surface area contributed by atoms with Gasteiger partial charge in [-0.2, -0.15) is 0 Å². The van der Waals surface area contributed by atoms with Crippen LogP contribution < -0.4 is 5.73 Å². The first-order chi connectivity index (χ1) is 9.67. The summed E-state index contributed by atoms with van der Waals surface area (Å²) >= 11 is 0. The lowest BCUT2D eigenvalue weighted by molar-refractivity contribution is -0.00746. The van der Waals surface area contributed by atoms with E-state index < -0.39 is 0 Å². The molecule has 0 amide bonds. The zero-order valence-electron chi connectivity index (χ0n) is 12.1. The second-order valence-electron chi connectivity index (χ2n) is 7.23. The Bertz CT molecular complexity index is 493. The van der Waals surface area contributed by atoms with Crippen molar-refractivity contribution in [1.29, 1.82) is 0 Å². The van der Waals surface area contributed by atoms with Crippen molar-refractivity contribution in [2.45, 2.75) is 50.5 Å². The van der Waals surface area contributed by atoms with Crippen LogP contribution in [0.3, 0.4) is 0 Å². The van der Waals surface area contributed by atoms with Crippen LogP contribution in [0.2, 0.25) is 0 Å². The van der Waals surface area contributed by atoms with E-state index in [0.717, 1.165) is 23.6 Å². The van der Waals surface area contributed by atoms with E-state index in [1.165, 1.54) is 44.2 Å². The Morgan fingerprint density at radius 2 is 1.75 bits per heavy atom. The Labute approximate surface area is 120 Å². The zero-order chi connectivity index (χ0) is 13.7. The summed E-state index contributed by atoms with van der Waals surface area (Å²) in [4.78, 5) is 9.09. The number of nitrogens with two attached hydrogens (primary N) is 1. The van der Waals surface area contributed by atoms with Gasteiger partial charge in [0.15, 0.2) is 5.82 Å². The molecule has 1 aromatic heterocycles. The molecule has 108 valence electrons. The fraction of sp³-hybridized carbons (Fsp3) is 0.750. The summed E-state index contributed by atoms with van der Waals surface area (Å²) < 4.78 is 5.18. The molecule has 0 saturated heterocycles. The highest BCUT2D eigenvalue weighted by molar-refractivity contribution is 5.35. The highest BCUT2D eigenvalue weighted by atomic mass is 16.5. The van der Waals surface area contributed by atoms with Gasteiger partial charge in [0.1, 0.15) is 12.4 Å². The van der Waals surface area contributed by atoms with Crippen LogP contribution in [0.15, 0.2) is 6.07 Å². The molecule has 0 unspecified atom stereocenters. The van der Waals surface area contributed by atoms with Crippen molar-refractivity contribution in [3.8, 4) is 0 Å². The van der Waals surface area contributed by atoms with Crippen LogP contribution in [0.5, 0.6) is 0 Å². The zero-order valence-corrected chi connectivity index (χ0v) is 12.1. The first kappa shape index (κ1) is 12.6. The van der Waals surface area contributed by atoms with E-state index in [1.54, 1.807) is 7.11 Å². The number of nitrogens with zero attached hydrogens (tertiary/aromatic N) is 2. The quantitative estimate of drug-likeness (QED) is 0.919. The van der Waals surface area contributed by atoms with Gasteiger partial charge in [0.05, 0.1) is 5.69 Å². The summed E-state index contributed by atoms with van der Waals surface area (Å²) in [5.41, 5.74) is 7.48. The molecule has 4 saturated carbocycles. The minimum absolute atomic E-state index is 0.286. The van der Waals surface area contributed by atoms with Crippen LogP contribution in [0.4, 0.5) is 5.82 Å². The summed E-state index contributed by atoms with van der Waals surface area (Å²) in [6.07, 6.45) is 8.27. The van der Waals surface area contributed by atoms with E-state index in [-0.39, 0.29) is 5.41 Å². The minimum Gasteiger partial charge on any atom is -0.384 e. The van der Waals surface area contributed by atoms with Gasteiger partial charge in [-0.3, -0.25) is 0 Å². The van der Waals surface area contributed by atoms with Crippen LogP contribution in [-0.4, -0.2) is 17.1 Å². The van der Waals surface area contributed by atoms with E-state index in [2.05, 4.69) is 4.98 Å². The Hall–Kier alpha value is -1.16. The molecule has 20 heavy (non-hydrogen) atoms. The minimum atomic E-state index is 0.286. The number of aromatic nitrogens is 2. The molecule has 1 aromatic rings. The highest BCUT2D eigenvalue weighted by Gasteiger charge is 2.52. The predicted molar refractivity (Wildman–Crippen MR) is 77.0 cm³/mol. The van der Waals surface area contributed by atoms with Crippen molar-refractivity contribution in [1.82, 2.24) is 9.97 Å². The Morgan fingerprint density at radius 1 is 1.15 bits per heavy atom. The Morgan fingerprint density at radius 3 is 2.30 bits per heavy atom. The fourth-order valence-electron chi connectivity index (χ4n) is 5.41. The highest BCUT2D eigenvalue weighted by Crippen LogP contribution is 2.60. The summed E-state index contributed by atoms with van der Waals surface area (Å²) in [5.74, 6) is 4.09. The number of rotatable bonds is 3. The third kappa shape index (κ3) is 1.93. The van der Waals surface area contributed by atoms with Gasteiger partial charge in [0.2, 0.25) is 0 Å². The van der Waals surface area contributed by atoms with Crippen molar-refractivity contribution in [3.05, 3.63) is 17.6 Å². The van der Waals surface area contributed by atoms with Crippen molar-refractivity contribution in [2.75, 3.05) is 12.8 Å². The molecule has 4 heteroatoms. The average Bonchev–Trinajstić information content (AvgIpc) is 2.36. The molecule has 4 fully saturated rings. The van der Waals surface area contributed by atoms with E-state index in [0.29, 0.717) is 12.4 Å². The molecular weight excluding hydrogens is 250 g/mol. The van der Waals surface area contributed by atoms with Gasteiger partial charge in [0.25, 0.3) is 0 Å². The first-order valence-corrected chi connectivity index (χ1v) is 7.80. The molecule has 0 aliphatic heterocycles. The standard InChI is InChI=1S/C16H23N3O/c1-20-9-15-18-13(5-14(17)19-15)16-6-10-2-11(7-16)4-12(3-10)8-16/h5,10-12H,2-4,6-9H2,1H3,(H2,17,18,19). The molecular formula is C16H23N3O. The van der Waals surface area contributed by atoms with E-state index in [1.807, 2.05) is 6.07 Å². The fourth-order valence-corrected chi connectivity index (χ4v) is 5.41. The second kappa shape index (κ2) is 4.42. The molecule has 5 rings (SSSR count). The molecule has 2 N–H and O–H groups in total. The maximum absolute atomic E-state index is 6.00. The van der Waals surface area contributed by atoms with Gasteiger partial charge in [0, 0.05) is 18.6 Å². The van der Waals surface area contributed by atoms with Crippen LogP contribution in [0.25, 0.3) is 0 Å². The number of ether oxygens (including phenoxy) is 1. The lowest BCUT2D eigenvalue weighted by atomic mass is 9.49. The molecule has 0 aromatic carbocycles. The monoisotopic (exact) mass is 273 g/mol. The molecule has 0 atom stereocenters. The first-order valence-electron chi connectivity index (χ1n) is 7.80. The largest absolute Gasteiger partial charge is 0.384 e. The number of anilines is 1. The van der Waals surface area contributed by atoms with Gasteiger partial charge < -0.3 is 10.5 Å². The summed E-state index contributed by atoms with van der Waals surface area (Å²) in [6, 6.07) is 2.02.